The van der Waals surface area contributed by atoms with Crippen LogP contribution in [0.25, 0.3) is 0 Å². The van der Waals surface area contributed by atoms with E-state index in [1.54, 1.807) is 11.1 Å². The highest BCUT2D eigenvalue weighted by atomic mass is 16.5. The highest BCUT2D eigenvalue weighted by Crippen LogP contribution is 1.99. The minimum Gasteiger partial charge on any atom is -0.402 e. The Morgan fingerprint density at radius 2 is 0.958 bits per heavy atom. The van der Waals surface area contributed by atoms with Gasteiger partial charge in [-0.1, -0.05) is 0 Å². The molecule has 0 saturated heterocycles. The lowest BCUT2D eigenvalue weighted by atomic mass is 10.3. The minimum absolute atomic E-state index is 0.691. The lowest BCUT2D eigenvalue weighted by Gasteiger charge is -2.07. The molecule has 0 aromatic heterocycles. The Morgan fingerprint density at radius 3 is 1.04 bits per heavy atom. The first-order chi connectivity index (χ1) is 10.8. The van der Waals surface area contributed by atoms with E-state index in [9.17, 15) is 0 Å². The van der Waals surface area contributed by atoms with Crippen molar-refractivity contribution in [2.45, 2.75) is 0 Å². The lowest BCUT2D eigenvalue weighted by Crippen LogP contribution is -2.17. The van der Waals surface area contributed by atoms with E-state index in [4.69, 9.17) is 65.6 Å². The molecule has 19 heteroatoms. The average Bonchev–Trinajstić information content (AvgIpc) is 2.72. The van der Waals surface area contributed by atoms with Crippen LogP contribution in [0.1, 0.15) is 0 Å². The molecule has 1 rings (SSSR count). The number of hydrogen-bond donors (Lipinski definition) is 12. The Hall–Kier alpha value is -1.39. The maximum Gasteiger partial charge on any atom is 0.631 e. The third kappa shape index (κ3) is 85.8. The molecule has 15 nitrogen and oxygen atoms in total. The minimum atomic E-state index is -2.17. The molecule has 0 atom stereocenters. The summed E-state index contributed by atoms with van der Waals surface area (Å²) in [7, 11) is -6.74. The first-order valence-corrected chi connectivity index (χ1v) is 5.48. The van der Waals surface area contributed by atoms with E-state index in [2.05, 4.69) is 0 Å². The van der Waals surface area contributed by atoms with Gasteiger partial charge in [0.2, 0.25) is 0 Å². The Balaban J connectivity index is -0.000000110. The number of hydrogen-bond acceptors (Lipinski definition) is 15. The van der Waals surface area contributed by atoms with Crippen molar-refractivity contribution in [2.24, 2.45) is 0 Å². The molecule has 0 spiro atoms. The van der Waals surface area contributed by atoms with Gasteiger partial charge < -0.3 is 65.2 Å². The second-order valence-electron chi connectivity index (χ2n) is 3.15. The van der Waals surface area contributed by atoms with Crippen molar-refractivity contribution in [3.8, 4) is 6.19 Å². The molecule has 0 aliphatic carbocycles. The first kappa shape index (κ1) is 30.5. The smallest absolute Gasteiger partial charge is 0.402 e. The Labute approximate surface area is 138 Å². The van der Waals surface area contributed by atoms with E-state index in [-0.39, 0.29) is 0 Å². The number of nitriles is 1. The SMILES string of the molecule is CN1C=CN(C#N)C1.OB(O)O.OB(O)O.OB(O)O.OB(O)O. The Bertz CT molecular complexity index is 281. The molecule has 0 radical (unpaired) electrons. The van der Waals surface area contributed by atoms with Gasteiger partial charge in [-0.3, -0.25) is 4.90 Å². The van der Waals surface area contributed by atoms with Crippen molar-refractivity contribution in [1.82, 2.24) is 9.80 Å². The lowest BCUT2D eigenvalue weighted by molar-refractivity contribution is 0.276. The zero-order chi connectivity index (χ0) is 20.3. The molecule has 0 unspecified atom stereocenters. The molecule has 0 aromatic carbocycles. The fourth-order valence-electron chi connectivity index (χ4n) is 0.594. The molecule has 0 amide bonds. The summed E-state index contributed by atoms with van der Waals surface area (Å²) in [4.78, 5) is 3.49. The van der Waals surface area contributed by atoms with Crippen LogP contribution < -0.4 is 0 Å². The first-order valence-electron chi connectivity index (χ1n) is 5.48. The molecule has 1 aliphatic heterocycles. The summed E-state index contributed by atoms with van der Waals surface area (Å²) >= 11 is 0. The highest BCUT2D eigenvalue weighted by molar-refractivity contribution is 6.31. The van der Waals surface area contributed by atoms with Crippen molar-refractivity contribution in [3.05, 3.63) is 12.4 Å². The highest BCUT2D eigenvalue weighted by Gasteiger charge is 2.04. The normalized spacial score (nSPS) is 10.2. The molecule has 24 heavy (non-hydrogen) atoms. The van der Waals surface area contributed by atoms with Crippen LogP contribution in [0.15, 0.2) is 12.4 Å². The summed E-state index contributed by atoms with van der Waals surface area (Å²) in [6.07, 6.45) is 5.61. The van der Waals surface area contributed by atoms with Gasteiger partial charge in [0, 0.05) is 19.4 Å². The average molecular weight is 356 g/mol. The van der Waals surface area contributed by atoms with Gasteiger partial charge in [0.15, 0.2) is 6.19 Å². The van der Waals surface area contributed by atoms with Gasteiger partial charge in [0.05, 0.1) is 0 Å². The summed E-state index contributed by atoms with van der Waals surface area (Å²) in [5.74, 6) is 0. The standard InChI is InChI=1S/C5H7N3.4BH3O3/c1-7-2-3-8(4-6)5-7;4*2-1(3)4/h2-3H,5H2,1H3;4*2-4H. The fourth-order valence-corrected chi connectivity index (χ4v) is 0.594. The Kier molecular flexibility index (Phi) is 27.5. The van der Waals surface area contributed by atoms with E-state index < -0.39 is 29.3 Å². The maximum atomic E-state index is 8.28. The molecular weight excluding hydrogens is 337 g/mol. The summed E-state index contributed by atoms with van der Waals surface area (Å²) in [5, 5.41) is 94.3. The van der Waals surface area contributed by atoms with E-state index in [0.717, 1.165) is 0 Å². The van der Waals surface area contributed by atoms with Crippen LogP contribution in [0.3, 0.4) is 0 Å². The molecule has 0 saturated carbocycles. The summed E-state index contributed by atoms with van der Waals surface area (Å²) in [6.45, 7) is 0.691. The predicted molar refractivity (Wildman–Crippen MR) is 78.9 cm³/mol. The molecule has 12 N–H and O–H groups in total. The fraction of sp³-hybridized carbons (Fsp3) is 0.400. The predicted octanol–water partition coefficient (Wildman–Crippen LogP) is -8.06. The van der Waals surface area contributed by atoms with Crippen LogP contribution in [0.4, 0.5) is 0 Å². The van der Waals surface area contributed by atoms with Gasteiger partial charge in [0.1, 0.15) is 6.67 Å². The van der Waals surface area contributed by atoms with E-state index in [0.29, 0.717) is 6.67 Å². The van der Waals surface area contributed by atoms with Crippen LogP contribution in [-0.4, -0.2) is 113 Å². The van der Waals surface area contributed by atoms with Crippen LogP contribution in [0.5, 0.6) is 0 Å². The van der Waals surface area contributed by atoms with Crippen LogP contribution >= 0.6 is 0 Å². The molecule has 0 aromatic rings. The van der Waals surface area contributed by atoms with Gasteiger partial charge in [-0.25, -0.2) is 0 Å². The quantitative estimate of drug-likeness (QED) is 0.142. The van der Waals surface area contributed by atoms with Crippen molar-refractivity contribution in [2.75, 3.05) is 13.7 Å². The summed E-state index contributed by atoms with van der Waals surface area (Å²) in [6, 6.07) is 0. The second-order valence-corrected chi connectivity index (χ2v) is 3.15. The molecule has 0 fully saturated rings. The maximum absolute atomic E-state index is 8.28. The zero-order valence-corrected chi connectivity index (χ0v) is 12.4. The third-order valence-corrected chi connectivity index (χ3v) is 1.00. The van der Waals surface area contributed by atoms with E-state index in [1.807, 2.05) is 24.3 Å². The monoisotopic (exact) mass is 357 g/mol. The van der Waals surface area contributed by atoms with Crippen LogP contribution in [0, 0.1) is 11.5 Å². The molecule has 1 aliphatic rings. The van der Waals surface area contributed by atoms with Crippen LogP contribution in [-0.2, 0) is 0 Å². The van der Waals surface area contributed by atoms with Gasteiger partial charge in [-0.2, -0.15) is 5.26 Å². The third-order valence-electron chi connectivity index (χ3n) is 1.00. The summed E-state index contributed by atoms with van der Waals surface area (Å²) < 4.78 is 0. The largest absolute Gasteiger partial charge is 0.631 e. The van der Waals surface area contributed by atoms with E-state index in [1.165, 1.54) is 0 Å². The van der Waals surface area contributed by atoms with Crippen LogP contribution in [0.2, 0.25) is 0 Å². The topological polar surface area (TPSA) is 273 Å². The van der Waals surface area contributed by atoms with Gasteiger partial charge in [-0.15, -0.1) is 0 Å². The zero-order valence-electron chi connectivity index (χ0n) is 12.4. The van der Waals surface area contributed by atoms with Crippen molar-refractivity contribution < 1.29 is 60.3 Å². The van der Waals surface area contributed by atoms with Gasteiger partial charge in [-0.05, 0) is 0 Å². The second kappa shape index (κ2) is 21.6. The number of nitrogens with zero attached hydrogens (tertiary/aromatic N) is 3. The Morgan fingerprint density at radius 1 is 0.708 bits per heavy atom. The van der Waals surface area contributed by atoms with Crippen molar-refractivity contribution >= 4 is 29.3 Å². The number of rotatable bonds is 0. The van der Waals surface area contributed by atoms with Crippen molar-refractivity contribution in [1.29, 1.82) is 5.26 Å². The van der Waals surface area contributed by atoms with Gasteiger partial charge in [0.25, 0.3) is 0 Å². The van der Waals surface area contributed by atoms with Gasteiger partial charge >= 0.3 is 29.3 Å². The summed E-state index contributed by atoms with van der Waals surface area (Å²) in [5.41, 5.74) is 0. The molecule has 138 valence electrons. The van der Waals surface area contributed by atoms with Crippen molar-refractivity contribution in [3.63, 3.8) is 0 Å². The molecule has 1 heterocycles. The molecule has 0 bridgehead atoms. The van der Waals surface area contributed by atoms with E-state index >= 15 is 0 Å². The molecular formula is C5H19B4N3O12.